The predicted molar refractivity (Wildman–Crippen MR) is 36.6 cm³/mol. The molecule has 0 bridgehead atoms. The number of rotatable bonds is 4. The first-order chi connectivity index (χ1) is 4.18. The maximum Gasteiger partial charge on any atom is 0.332 e. The van der Waals surface area contributed by atoms with Crippen LogP contribution in [0.1, 0.15) is 6.42 Å². The van der Waals surface area contributed by atoms with E-state index >= 15 is 0 Å². The summed E-state index contributed by atoms with van der Waals surface area (Å²) in [5, 5.41) is 16.8. The van der Waals surface area contributed by atoms with Crippen molar-refractivity contribution in [2.75, 3.05) is 12.0 Å². The fraction of sp³-hybridized carbons (Fsp3) is 0.800. The van der Waals surface area contributed by atoms with Crippen molar-refractivity contribution in [2.24, 2.45) is 0 Å². The molecule has 0 aliphatic carbocycles. The van der Waals surface area contributed by atoms with Crippen molar-refractivity contribution in [3.63, 3.8) is 0 Å². The van der Waals surface area contributed by atoms with Gasteiger partial charge in [0.25, 0.3) is 0 Å². The Morgan fingerprint density at radius 1 is 1.70 bits per heavy atom. The van der Waals surface area contributed by atoms with Crippen molar-refractivity contribution in [3.05, 3.63) is 0 Å². The average molecular weight is 202 g/mol. The van der Waals surface area contributed by atoms with Crippen molar-refractivity contribution in [1.82, 2.24) is 0 Å². The Bertz CT molecular complexity index is 98.9. The molecule has 0 aliphatic rings. The number of carboxylic acid groups (broad SMARTS) is 1. The fourth-order valence-electron chi connectivity index (χ4n) is 0.353. The van der Waals surface area contributed by atoms with Crippen molar-refractivity contribution in [2.45, 2.75) is 12.5 Å². The molecule has 0 saturated carbocycles. The van der Waals surface area contributed by atoms with E-state index in [0.29, 0.717) is 12.2 Å². The molecule has 0 rings (SSSR count). The van der Waals surface area contributed by atoms with E-state index in [2.05, 4.69) is 0 Å². The van der Waals surface area contributed by atoms with Crippen LogP contribution in [0.25, 0.3) is 0 Å². The van der Waals surface area contributed by atoms with Gasteiger partial charge < -0.3 is 10.2 Å². The third kappa shape index (κ3) is 6.43. The Balaban J connectivity index is 0. The first-order valence-corrected chi connectivity index (χ1v) is 3.97. The second kappa shape index (κ2) is 7.42. The van der Waals surface area contributed by atoms with Crippen LogP contribution in [0.2, 0.25) is 0 Å². The number of carboxylic acids is 1. The first-order valence-electron chi connectivity index (χ1n) is 2.58. The predicted octanol–water partition coefficient (Wildman–Crippen LogP) is 0.182. The maximum atomic E-state index is 9.95. The van der Waals surface area contributed by atoms with Gasteiger partial charge in [0, 0.05) is 17.4 Å². The number of hydrogen-bond acceptors (Lipinski definition) is 3. The summed E-state index contributed by atoms with van der Waals surface area (Å²) in [6.07, 6.45) is 1.02. The van der Waals surface area contributed by atoms with Gasteiger partial charge in [-0.3, -0.25) is 0 Å². The Morgan fingerprint density at radius 2 is 2.20 bits per heavy atom. The van der Waals surface area contributed by atoms with Gasteiger partial charge in [-0.15, -0.1) is 0 Å². The van der Waals surface area contributed by atoms with Gasteiger partial charge in [0.2, 0.25) is 0 Å². The summed E-state index contributed by atoms with van der Waals surface area (Å²) < 4.78 is 0. The van der Waals surface area contributed by atoms with Crippen LogP contribution in [-0.2, 0) is 22.2 Å². The van der Waals surface area contributed by atoms with E-state index in [1.165, 1.54) is 11.8 Å². The molecule has 2 N–H and O–H groups in total. The van der Waals surface area contributed by atoms with Crippen LogP contribution in [0, 0.1) is 0 Å². The SMILES string of the molecule is CSCCC(O)C(=O)O.[Cr]. The molecule has 0 aromatic carbocycles. The molecule has 60 valence electrons. The summed E-state index contributed by atoms with van der Waals surface area (Å²) in [5.41, 5.74) is 0. The number of aliphatic hydroxyl groups is 1. The number of aliphatic hydroxyl groups excluding tert-OH is 1. The van der Waals surface area contributed by atoms with Gasteiger partial charge in [-0.1, -0.05) is 0 Å². The summed E-state index contributed by atoms with van der Waals surface area (Å²) in [4.78, 5) is 9.95. The van der Waals surface area contributed by atoms with E-state index < -0.39 is 12.1 Å². The summed E-state index contributed by atoms with van der Waals surface area (Å²) in [6.45, 7) is 0. The summed E-state index contributed by atoms with van der Waals surface area (Å²) in [5.74, 6) is -0.447. The smallest absolute Gasteiger partial charge is 0.332 e. The Kier molecular flexibility index (Phi) is 9.60. The van der Waals surface area contributed by atoms with E-state index in [-0.39, 0.29) is 17.4 Å². The molecule has 0 aliphatic heterocycles. The average Bonchev–Trinajstić information content (AvgIpc) is 1.82. The van der Waals surface area contributed by atoms with Gasteiger partial charge in [-0.2, -0.15) is 11.8 Å². The van der Waals surface area contributed by atoms with Crippen molar-refractivity contribution >= 4 is 17.7 Å². The van der Waals surface area contributed by atoms with Gasteiger partial charge in [0.05, 0.1) is 0 Å². The Hall–Kier alpha value is 0.312. The zero-order valence-corrected chi connectivity index (χ0v) is 7.70. The second-order valence-electron chi connectivity index (χ2n) is 1.64. The van der Waals surface area contributed by atoms with Gasteiger partial charge in [-0.25, -0.2) is 4.79 Å². The minimum Gasteiger partial charge on any atom is -0.479 e. The van der Waals surface area contributed by atoms with Crippen LogP contribution in [0.4, 0.5) is 0 Å². The molecule has 1 atom stereocenters. The third-order valence-electron chi connectivity index (χ3n) is 0.880. The molecule has 0 spiro atoms. The fourth-order valence-corrected chi connectivity index (χ4v) is 0.812. The number of aliphatic carboxylic acids is 1. The molecule has 0 radical (unpaired) electrons. The molecular formula is C5H10CrO3S. The monoisotopic (exact) mass is 202 g/mol. The summed E-state index contributed by atoms with van der Waals surface area (Å²) in [6, 6.07) is 0. The first kappa shape index (κ1) is 12.9. The van der Waals surface area contributed by atoms with Gasteiger partial charge in [0.15, 0.2) is 6.10 Å². The third-order valence-corrected chi connectivity index (χ3v) is 1.52. The topological polar surface area (TPSA) is 57.5 Å². The molecule has 0 aromatic heterocycles. The minimum atomic E-state index is -1.18. The molecule has 0 saturated heterocycles. The zero-order valence-electron chi connectivity index (χ0n) is 5.61. The summed E-state index contributed by atoms with van der Waals surface area (Å²) in [7, 11) is 0. The van der Waals surface area contributed by atoms with E-state index in [4.69, 9.17) is 10.2 Å². The van der Waals surface area contributed by atoms with Crippen LogP contribution in [0.3, 0.4) is 0 Å². The molecular weight excluding hydrogens is 192 g/mol. The Labute approximate surface area is 74.9 Å². The van der Waals surface area contributed by atoms with Crippen molar-refractivity contribution in [1.29, 1.82) is 0 Å². The van der Waals surface area contributed by atoms with Crippen LogP contribution < -0.4 is 0 Å². The molecule has 5 heteroatoms. The van der Waals surface area contributed by atoms with Crippen LogP contribution in [-0.4, -0.2) is 34.3 Å². The van der Waals surface area contributed by atoms with Crippen molar-refractivity contribution < 1.29 is 32.4 Å². The van der Waals surface area contributed by atoms with Crippen LogP contribution in [0.15, 0.2) is 0 Å². The van der Waals surface area contributed by atoms with E-state index in [9.17, 15) is 4.79 Å². The van der Waals surface area contributed by atoms with Crippen LogP contribution >= 0.6 is 11.8 Å². The summed E-state index contributed by atoms with van der Waals surface area (Å²) >= 11 is 1.52. The minimum absolute atomic E-state index is 0. The van der Waals surface area contributed by atoms with E-state index in [1.807, 2.05) is 6.26 Å². The standard InChI is InChI=1S/C5H10O3S.Cr/c1-9-3-2-4(6)5(7)8;/h4,6H,2-3H2,1H3,(H,7,8);. The number of carbonyl (C=O) groups is 1. The van der Waals surface area contributed by atoms with Gasteiger partial charge in [0.1, 0.15) is 0 Å². The van der Waals surface area contributed by atoms with E-state index in [1.54, 1.807) is 0 Å². The van der Waals surface area contributed by atoms with Gasteiger partial charge in [-0.05, 0) is 18.4 Å². The maximum absolute atomic E-state index is 9.95. The molecule has 0 heterocycles. The van der Waals surface area contributed by atoms with Crippen LogP contribution in [0.5, 0.6) is 0 Å². The number of thioether (sulfide) groups is 1. The molecule has 3 nitrogen and oxygen atoms in total. The zero-order chi connectivity index (χ0) is 7.28. The molecule has 0 amide bonds. The normalized spacial score (nSPS) is 11.8. The quantitative estimate of drug-likeness (QED) is 0.683. The molecule has 1 unspecified atom stereocenters. The Morgan fingerprint density at radius 3 is 2.50 bits per heavy atom. The molecule has 10 heavy (non-hydrogen) atoms. The number of hydrogen-bond donors (Lipinski definition) is 2. The van der Waals surface area contributed by atoms with E-state index in [0.717, 1.165) is 0 Å². The van der Waals surface area contributed by atoms with Gasteiger partial charge >= 0.3 is 5.97 Å². The molecule has 0 aromatic rings. The molecule has 0 fully saturated rings. The second-order valence-corrected chi connectivity index (χ2v) is 2.62. The van der Waals surface area contributed by atoms with Crippen molar-refractivity contribution in [3.8, 4) is 0 Å². The largest absolute Gasteiger partial charge is 0.479 e.